The molecule has 1 rings (SSSR count). The molecule has 0 aliphatic rings. The second kappa shape index (κ2) is 4.22. The van der Waals surface area contributed by atoms with Crippen molar-refractivity contribution >= 4 is 5.57 Å². The molecule has 0 bridgehead atoms. The van der Waals surface area contributed by atoms with Crippen LogP contribution in [0.2, 0.25) is 0 Å². The van der Waals surface area contributed by atoms with Crippen molar-refractivity contribution in [3.63, 3.8) is 0 Å². The van der Waals surface area contributed by atoms with Crippen LogP contribution in [-0.4, -0.2) is 4.98 Å². The number of allylic oxidation sites excluding steroid dienone is 2. The predicted octanol–water partition coefficient (Wildman–Crippen LogP) is 3.51. The number of pyridine rings is 1. The number of rotatable bonds is 2. The fourth-order valence-corrected chi connectivity index (χ4v) is 1.25. The first-order valence-corrected chi connectivity index (χ1v) is 4.75. The Labute approximate surface area is 80.5 Å². The van der Waals surface area contributed by atoms with Gasteiger partial charge in [-0.15, -0.1) is 0 Å². The fraction of sp³-hybridized carbons (Fsp3) is 0.417. The highest BCUT2D eigenvalue weighted by Crippen LogP contribution is 2.14. The van der Waals surface area contributed by atoms with Crippen LogP contribution >= 0.6 is 0 Å². The molecule has 0 saturated heterocycles. The summed E-state index contributed by atoms with van der Waals surface area (Å²) in [5, 5.41) is 0. The summed E-state index contributed by atoms with van der Waals surface area (Å²) in [5.41, 5.74) is 4.94. The molecule has 0 saturated carbocycles. The summed E-state index contributed by atoms with van der Waals surface area (Å²) >= 11 is 0. The molecule has 1 aromatic heterocycles. The van der Waals surface area contributed by atoms with Crippen molar-refractivity contribution in [3.05, 3.63) is 35.2 Å². The number of aryl methyl sites for hydroxylation is 2. The Morgan fingerprint density at radius 2 is 2.08 bits per heavy atom. The maximum absolute atomic E-state index is 4.39. The van der Waals surface area contributed by atoms with Gasteiger partial charge in [0.15, 0.2) is 0 Å². The summed E-state index contributed by atoms with van der Waals surface area (Å²) in [4.78, 5) is 4.39. The van der Waals surface area contributed by atoms with Crippen LogP contribution in [0.15, 0.2) is 18.3 Å². The Kier molecular flexibility index (Phi) is 3.24. The van der Waals surface area contributed by atoms with Crippen LogP contribution in [-0.2, 0) is 0 Å². The third-order valence-electron chi connectivity index (χ3n) is 2.29. The van der Waals surface area contributed by atoms with Gasteiger partial charge in [-0.1, -0.05) is 13.0 Å². The molecule has 13 heavy (non-hydrogen) atoms. The Morgan fingerprint density at radius 3 is 2.62 bits per heavy atom. The third-order valence-corrected chi connectivity index (χ3v) is 2.29. The first kappa shape index (κ1) is 9.97. The van der Waals surface area contributed by atoms with E-state index in [1.165, 1.54) is 16.7 Å². The van der Waals surface area contributed by atoms with Gasteiger partial charge in [-0.05, 0) is 50.0 Å². The Balaban J connectivity index is 3.04. The molecule has 0 aliphatic heterocycles. The molecular formula is C12H17N. The number of aromatic nitrogens is 1. The van der Waals surface area contributed by atoms with Crippen LogP contribution in [0.3, 0.4) is 0 Å². The monoisotopic (exact) mass is 175 g/mol. The molecule has 0 atom stereocenters. The van der Waals surface area contributed by atoms with E-state index >= 15 is 0 Å². The molecule has 1 nitrogen and oxygen atoms in total. The van der Waals surface area contributed by atoms with Crippen LogP contribution in [0.5, 0.6) is 0 Å². The smallest absolute Gasteiger partial charge is 0.0658 e. The van der Waals surface area contributed by atoms with Gasteiger partial charge in [0.1, 0.15) is 0 Å². The van der Waals surface area contributed by atoms with E-state index in [2.05, 4.69) is 44.8 Å². The summed E-state index contributed by atoms with van der Waals surface area (Å²) in [6.45, 7) is 8.47. The van der Waals surface area contributed by atoms with E-state index in [1.54, 1.807) is 0 Å². The zero-order chi connectivity index (χ0) is 9.84. The van der Waals surface area contributed by atoms with Crippen molar-refractivity contribution in [2.24, 2.45) is 0 Å². The third kappa shape index (κ3) is 2.41. The topological polar surface area (TPSA) is 12.9 Å². The van der Waals surface area contributed by atoms with Crippen molar-refractivity contribution in [1.82, 2.24) is 4.98 Å². The normalized spacial score (nSPS) is 11.8. The highest BCUT2D eigenvalue weighted by atomic mass is 14.7. The quantitative estimate of drug-likeness (QED) is 0.670. The van der Waals surface area contributed by atoms with E-state index in [0.717, 1.165) is 12.1 Å². The summed E-state index contributed by atoms with van der Waals surface area (Å²) in [6, 6.07) is 2.15. The lowest BCUT2D eigenvalue weighted by molar-refractivity contribution is 1.16. The highest BCUT2D eigenvalue weighted by Gasteiger charge is 1.98. The zero-order valence-electron chi connectivity index (χ0n) is 8.89. The summed E-state index contributed by atoms with van der Waals surface area (Å²) in [5.74, 6) is 0. The molecule has 0 N–H and O–H groups in total. The molecule has 0 aliphatic carbocycles. The van der Waals surface area contributed by atoms with E-state index in [4.69, 9.17) is 0 Å². The fourth-order valence-electron chi connectivity index (χ4n) is 1.25. The molecule has 0 aromatic carbocycles. The van der Waals surface area contributed by atoms with Crippen molar-refractivity contribution in [3.8, 4) is 0 Å². The van der Waals surface area contributed by atoms with E-state index in [0.29, 0.717) is 0 Å². The molecule has 0 radical (unpaired) electrons. The minimum atomic E-state index is 1.07. The van der Waals surface area contributed by atoms with E-state index in [9.17, 15) is 0 Å². The molecular weight excluding hydrogens is 158 g/mol. The Bertz CT molecular complexity index is 324. The van der Waals surface area contributed by atoms with Crippen LogP contribution in [0.25, 0.3) is 5.57 Å². The zero-order valence-corrected chi connectivity index (χ0v) is 8.89. The van der Waals surface area contributed by atoms with Gasteiger partial charge in [0.2, 0.25) is 0 Å². The standard InChI is InChI=1S/C12H17N/c1-5-6-9(2)12-7-10(3)11(4)8-13-12/h6-8H,5H2,1-4H3/b9-6+. The van der Waals surface area contributed by atoms with Crippen molar-refractivity contribution < 1.29 is 0 Å². The second-order valence-electron chi connectivity index (χ2n) is 3.45. The SMILES string of the molecule is CC/C=C(\C)c1cc(C)c(C)cn1. The minimum absolute atomic E-state index is 1.07. The molecule has 0 fully saturated rings. The molecule has 1 heterocycles. The van der Waals surface area contributed by atoms with Crippen molar-refractivity contribution in [1.29, 1.82) is 0 Å². The summed E-state index contributed by atoms with van der Waals surface area (Å²) < 4.78 is 0. The summed E-state index contributed by atoms with van der Waals surface area (Å²) in [7, 11) is 0. The Hall–Kier alpha value is -1.11. The van der Waals surface area contributed by atoms with E-state index in [1.807, 2.05) is 6.20 Å². The van der Waals surface area contributed by atoms with Crippen LogP contribution in [0.1, 0.15) is 37.1 Å². The number of nitrogens with zero attached hydrogens (tertiary/aromatic N) is 1. The number of hydrogen-bond acceptors (Lipinski definition) is 1. The first-order valence-electron chi connectivity index (χ1n) is 4.75. The molecule has 0 amide bonds. The maximum Gasteiger partial charge on any atom is 0.0658 e. The average Bonchev–Trinajstić information content (AvgIpc) is 2.10. The predicted molar refractivity (Wildman–Crippen MR) is 57.7 cm³/mol. The van der Waals surface area contributed by atoms with Gasteiger partial charge in [0.05, 0.1) is 5.69 Å². The molecule has 0 spiro atoms. The maximum atomic E-state index is 4.39. The van der Waals surface area contributed by atoms with Gasteiger partial charge >= 0.3 is 0 Å². The molecule has 1 heteroatoms. The van der Waals surface area contributed by atoms with Gasteiger partial charge in [-0.3, -0.25) is 4.98 Å². The van der Waals surface area contributed by atoms with Gasteiger partial charge < -0.3 is 0 Å². The van der Waals surface area contributed by atoms with Crippen molar-refractivity contribution in [2.45, 2.75) is 34.1 Å². The van der Waals surface area contributed by atoms with Gasteiger partial charge in [-0.25, -0.2) is 0 Å². The van der Waals surface area contributed by atoms with Crippen LogP contribution < -0.4 is 0 Å². The van der Waals surface area contributed by atoms with E-state index in [-0.39, 0.29) is 0 Å². The lowest BCUT2D eigenvalue weighted by atomic mass is 10.1. The molecule has 1 aromatic rings. The summed E-state index contributed by atoms with van der Waals surface area (Å²) in [6.07, 6.45) is 5.22. The first-order chi connectivity index (χ1) is 6.15. The van der Waals surface area contributed by atoms with Gasteiger partial charge in [-0.2, -0.15) is 0 Å². The lowest BCUT2D eigenvalue weighted by Gasteiger charge is -2.03. The van der Waals surface area contributed by atoms with E-state index < -0.39 is 0 Å². The van der Waals surface area contributed by atoms with Crippen LogP contribution in [0.4, 0.5) is 0 Å². The molecule has 70 valence electrons. The number of hydrogen-bond donors (Lipinski definition) is 0. The lowest BCUT2D eigenvalue weighted by Crippen LogP contribution is -1.90. The highest BCUT2D eigenvalue weighted by molar-refractivity contribution is 5.60. The van der Waals surface area contributed by atoms with Gasteiger partial charge in [0.25, 0.3) is 0 Å². The Morgan fingerprint density at radius 1 is 1.38 bits per heavy atom. The second-order valence-corrected chi connectivity index (χ2v) is 3.45. The molecule has 0 unspecified atom stereocenters. The van der Waals surface area contributed by atoms with Crippen molar-refractivity contribution in [2.75, 3.05) is 0 Å². The average molecular weight is 175 g/mol. The van der Waals surface area contributed by atoms with Crippen LogP contribution in [0, 0.1) is 13.8 Å². The largest absolute Gasteiger partial charge is 0.256 e. The minimum Gasteiger partial charge on any atom is -0.256 e. The van der Waals surface area contributed by atoms with Gasteiger partial charge in [0, 0.05) is 6.20 Å².